The van der Waals surface area contributed by atoms with Crippen LogP contribution < -0.4 is 10.6 Å². The van der Waals surface area contributed by atoms with Crippen molar-refractivity contribution < 1.29 is 4.79 Å². The molecule has 1 fully saturated rings. The van der Waals surface area contributed by atoms with Crippen LogP contribution in [-0.2, 0) is 4.79 Å². The molecule has 0 saturated heterocycles. The highest BCUT2D eigenvalue weighted by atomic mass is 16.1. The summed E-state index contributed by atoms with van der Waals surface area (Å²) in [5.41, 5.74) is 0. The van der Waals surface area contributed by atoms with E-state index in [1.54, 1.807) is 0 Å². The second-order valence-electron chi connectivity index (χ2n) is 3.93. The van der Waals surface area contributed by atoms with Crippen LogP contribution in [0, 0.1) is 5.92 Å². The number of Topliss-reactive ketones (excluding diaryl/α,β-unsaturated/α-hetero) is 1. The van der Waals surface area contributed by atoms with Crippen LogP contribution in [0.4, 0.5) is 0 Å². The SMILES string of the molecule is CCNC1CC(C)CC(NC)C1=O. The predicted molar refractivity (Wildman–Crippen MR) is 53.7 cm³/mol. The van der Waals surface area contributed by atoms with Crippen molar-refractivity contribution in [1.29, 1.82) is 0 Å². The normalized spacial score (nSPS) is 35.0. The summed E-state index contributed by atoms with van der Waals surface area (Å²) >= 11 is 0. The Morgan fingerprint density at radius 1 is 1.38 bits per heavy atom. The van der Waals surface area contributed by atoms with Crippen molar-refractivity contribution in [3.63, 3.8) is 0 Å². The van der Waals surface area contributed by atoms with Crippen LogP contribution in [0.5, 0.6) is 0 Å². The lowest BCUT2D eigenvalue weighted by molar-refractivity contribution is -0.125. The minimum absolute atomic E-state index is 0.0628. The van der Waals surface area contributed by atoms with Gasteiger partial charge in [-0.3, -0.25) is 4.79 Å². The number of nitrogens with one attached hydrogen (secondary N) is 2. The van der Waals surface area contributed by atoms with Crippen molar-refractivity contribution in [2.45, 2.75) is 38.8 Å². The minimum atomic E-state index is 0.0628. The highest BCUT2D eigenvalue weighted by molar-refractivity contribution is 5.89. The molecule has 0 amide bonds. The molecule has 1 aliphatic rings. The van der Waals surface area contributed by atoms with Crippen molar-refractivity contribution in [3.05, 3.63) is 0 Å². The van der Waals surface area contributed by atoms with E-state index in [0.29, 0.717) is 11.7 Å². The highest BCUT2D eigenvalue weighted by Gasteiger charge is 2.32. The van der Waals surface area contributed by atoms with Gasteiger partial charge in [0.25, 0.3) is 0 Å². The fourth-order valence-electron chi connectivity index (χ4n) is 2.07. The summed E-state index contributed by atoms with van der Waals surface area (Å²) in [6, 6.07) is 0.138. The Morgan fingerprint density at radius 3 is 2.54 bits per heavy atom. The van der Waals surface area contributed by atoms with E-state index in [1.165, 1.54) is 0 Å². The van der Waals surface area contributed by atoms with Gasteiger partial charge in [-0.1, -0.05) is 13.8 Å². The quantitative estimate of drug-likeness (QED) is 0.673. The number of rotatable bonds is 3. The maximum atomic E-state index is 11.8. The van der Waals surface area contributed by atoms with Gasteiger partial charge < -0.3 is 10.6 Å². The fourth-order valence-corrected chi connectivity index (χ4v) is 2.07. The molecule has 3 atom stereocenters. The first-order valence-electron chi connectivity index (χ1n) is 5.13. The van der Waals surface area contributed by atoms with Gasteiger partial charge in [-0.2, -0.15) is 0 Å². The standard InChI is InChI=1S/C10H20N2O/c1-4-12-9-6-7(2)5-8(11-3)10(9)13/h7-9,11-12H,4-6H2,1-3H3. The zero-order valence-corrected chi connectivity index (χ0v) is 8.76. The summed E-state index contributed by atoms with van der Waals surface area (Å²) in [7, 11) is 1.86. The molecule has 3 unspecified atom stereocenters. The van der Waals surface area contributed by atoms with Crippen molar-refractivity contribution >= 4 is 5.78 Å². The third-order valence-corrected chi connectivity index (χ3v) is 2.76. The summed E-state index contributed by atoms with van der Waals surface area (Å²) in [5.74, 6) is 0.974. The molecule has 3 nitrogen and oxygen atoms in total. The van der Waals surface area contributed by atoms with E-state index in [9.17, 15) is 4.79 Å². The lowest BCUT2D eigenvalue weighted by Gasteiger charge is -2.32. The van der Waals surface area contributed by atoms with Gasteiger partial charge in [-0.15, -0.1) is 0 Å². The third-order valence-electron chi connectivity index (χ3n) is 2.76. The van der Waals surface area contributed by atoms with Crippen LogP contribution in [0.1, 0.15) is 26.7 Å². The van der Waals surface area contributed by atoms with E-state index in [1.807, 2.05) is 14.0 Å². The molecular weight excluding hydrogens is 164 g/mol. The molecule has 0 heterocycles. The molecule has 0 bridgehead atoms. The number of likely N-dealkylation sites (N-methyl/N-ethyl adjacent to an activating group) is 2. The molecule has 1 saturated carbocycles. The number of hydrogen-bond donors (Lipinski definition) is 2. The Bertz CT molecular complexity index is 182. The average Bonchev–Trinajstić information content (AvgIpc) is 2.11. The number of hydrogen-bond acceptors (Lipinski definition) is 3. The molecule has 0 aromatic carbocycles. The molecule has 2 N–H and O–H groups in total. The molecule has 3 heteroatoms. The van der Waals surface area contributed by atoms with Crippen LogP contribution in [0.3, 0.4) is 0 Å². The summed E-state index contributed by atoms with van der Waals surface area (Å²) in [5, 5.41) is 6.32. The predicted octanol–water partition coefficient (Wildman–Crippen LogP) is 0.551. The van der Waals surface area contributed by atoms with Crippen LogP contribution in [-0.4, -0.2) is 31.5 Å². The van der Waals surface area contributed by atoms with Gasteiger partial charge in [-0.25, -0.2) is 0 Å². The van der Waals surface area contributed by atoms with Crippen molar-refractivity contribution in [1.82, 2.24) is 10.6 Å². The lowest BCUT2D eigenvalue weighted by atomic mass is 9.82. The van der Waals surface area contributed by atoms with E-state index < -0.39 is 0 Å². The summed E-state index contributed by atoms with van der Waals surface area (Å²) < 4.78 is 0. The summed E-state index contributed by atoms with van der Waals surface area (Å²) in [4.78, 5) is 11.8. The second-order valence-corrected chi connectivity index (χ2v) is 3.93. The van der Waals surface area contributed by atoms with E-state index in [4.69, 9.17) is 0 Å². The fraction of sp³-hybridized carbons (Fsp3) is 0.900. The van der Waals surface area contributed by atoms with E-state index in [-0.39, 0.29) is 12.1 Å². The zero-order valence-electron chi connectivity index (χ0n) is 8.76. The Labute approximate surface area is 80.3 Å². The van der Waals surface area contributed by atoms with Gasteiger partial charge in [0.1, 0.15) is 0 Å². The molecule has 13 heavy (non-hydrogen) atoms. The van der Waals surface area contributed by atoms with Gasteiger partial charge in [0.2, 0.25) is 0 Å². The van der Waals surface area contributed by atoms with Gasteiger partial charge in [0.05, 0.1) is 12.1 Å². The molecule has 0 aromatic rings. The van der Waals surface area contributed by atoms with Crippen molar-refractivity contribution in [2.75, 3.05) is 13.6 Å². The molecule has 76 valence electrons. The molecule has 1 aliphatic carbocycles. The molecule has 0 aliphatic heterocycles. The summed E-state index contributed by atoms with van der Waals surface area (Å²) in [6.07, 6.45) is 1.97. The molecule has 0 spiro atoms. The lowest BCUT2D eigenvalue weighted by Crippen LogP contribution is -2.52. The molecular formula is C10H20N2O. The van der Waals surface area contributed by atoms with E-state index in [0.717, 1.165) is 19.4 Å². The Hall–Kier alpha value is -0.410. The van der Waals surface area contributed by atoms with Crippen LogP contribution >= 0.6 is 0 Å². The first kappa shape index (κ1) is 10.7. The first-order chi connectivity index (χ1) is 6.19. The number of carbonyl (C=O) groups is 1. The zero-order chi connectivity index (χ0) is 9.84. The largest absolute Gasteiger partial charge is 0.310 e. The van der Waals surface area contributed by atoms with Gasteiger partial charge in [-0.05, 0) is 32.4 Å². The van der Waals surface area contributed by atoms with Gasteiger partial charge in [0, 0.05) is 0 Å². The Kier molecular flexibility index (Phi) is 3.88. The monoisotopic (exact) mass is 184 g/mol. The van der Waals surface area contributed by atoms with E-state index >= 15 is 0 Å². The smallest absolute Gasteiger partial charge is 0.166 e. The summed E-state index contributed by atoms with van der Waals surface area (Å²) in [6.45, 7) is 5.13. The van der Waals surface area contributed by atoms with Crippen molar-refractivity contribution in [2.24, 2.45) is 5.92 Å². The van der Waals surface area contributed by atoms with Crippen LogP contribution in [0.25, 0.3) is 0 Å². The highest BCUT2D eigenvalue weighted by Crippen LogP contribution is 2.21. The molecule has 0 aromatic heterocycles. The second kappa shape index (κ2) is 4.72. The number of carbonyl (C=O) groups excluding carboxylic acids is 1. The topological polar surface area (TPSA) is 41.1 Å². The van der Waals surface area contributed by atoms with Gasteiger partial charge >= 0.3 is 0 Å². The van der Waals surface area contributed by atoms with Crippen molar-refractivity contribution in [3.8, 4) is 0 Å². The molecule has 0 radical (unpaired) electrons. The number of ketones is 1. The average molecular weight is 184 g/mol. The molecule has 1 rings (SSSR count). The third kappa shape index (κ3) is 2.51. The van der Waals surface area contributed by atoms with Crippen LogP contribution in [0.15, 0.2) is 0 Å². The van der Waals surface area contributed by atoms with Gasteiger partial charge in [0.15, 0.2) is 5.78 Å². The van der Waals surface area contributed by atoms with Crippen LogP contribution in [0.2, 0.25) is 0 Å². The maximum Gasteiger partial charge on any atom is 0.166 e. The minimum Gasteiger partial charge on any atom is -0.310 e. The maximum absolute atomic E-state index is 11.8. The Balaban J connectivity index is 2.58. The Morgan fingerprint density at radius 2 is 2.00 bits per heavy atom. The first-order valence-corrected chi connectivity index (χ1v) is 5.13. The van der Waals surface area contributed by atoms with E-state index in [2.05, 4.69) is 17.6 Å².